The number of nitrogens with one attached hydrogen (secondary N) is 2. The van der Waals surface area contributed by atoms with Gasteiger partial charge in [-0.3, -0.25) is 9.59 Å². The van der Waals surface area contributed by atoms with Crippen LogP contribution in [0.15, 0.2) is 91.5 Å². The van der Waals surface area contributed by atoms with Crippen molar-refractivity contribution in [2.24, 2.45) is 0 Å². The summed E-state index contributed by atoms with van der Waals surface area (Å²) >= 11 is 0. The monoisotopic (exact) mass is 669 g/mol. The van der Waals surface area contributed by atoms with Gasteiger partial charge in [-0.25, -0.2) is 9.59 Å². The number of carbonyl (C=O) groups is 4. The van der Waals surface area contributed by atoms with Gasteiger partial charge in [0.25, 0.3) is 0 Å². The number of amides is 3. The van der Waals surface area contributed by atoms with Crippen molar-refractivity contribution < 1.29 is 28.7 Å². The molecule has 9 nitrogen and oxygen atoms in total. The van der Waals surface area contributed by atoms with E-state index in [1.54, 1.807) is 41.5 Å². The summed E-state index contributed by atoms with van der Waals surface area (Å²) in [6.45, 7) is 18.2. The van der Waals surface area contributed by atoms with Crippen molar-refractivity contribution >= 4 is 23.9 Å². The largest absolute Gasteiger partial charge is 0.458 e. The van der Waals surface area contributed by atoms with Crippen molar-refractivity contribution in [3.63, 3.8) is 0 Å². The molecule has 3 unspecified atom stereocenters. The zero-order valence-corrected chi connectivity index (χ0v) is 30.0. The van der Waals surface area contributed by atoms with Crippen LogP contribution < -0.4 is 10.6 Å². The van der Waals surface area contributed by atoms with Gasteiger partial charge >= 0.3 is 12.1 Å². The first-order chi connectivity index (χ1) is 23.0. The first kappa shape index (κ1) is 38.5. The van der Waals surface area contributed by atoms with Gasteiger partial charge in [-0.15, -0.1) is 6.58 Å². The zero-order chi connectivity index (χ0) is 36.4. The molecular weight excluding hydrogens is 618 g/mol. The first-order valence-corrected chi connectivity index (χ1v) is 16.6. The van der Waals surface area contributed by atoms with E-state index in [-0.39, 0.29) is 19.4 Å². The average molecular weight is 670 g/mol. The fourth-order valence-corrected chi connectivity index (χ4v) is 5.47. The van der Waals surface area contributed by atoms with E-state index in [1.807, 2.05) is 92.7 Å². The molecule has 3 atom stereocenters. The second kappa shape index (κ2) is 17.0. The van der Waals surface area contributed by atoms with E-state index in [2.05, 4.69) is 17.2 Å². The number of aryl methyl sites for hydroxylation is 2. The average Bonchev–Trinajstić information content (AvgIpc) is 2.98. The van der Waals surface area contributed by atoms with Crippen LogP contribution in [0.3, 0.4) is 0 Å². The summed E-state index contributed by atoms with van der Waals surface area (Å²) in [5.74, 6) is -1.70. The Kier molecular flexibility index (Phi) is 13.3. The normalized spacial score (nSPS) is 13.3. The maximum atomic E-state index is 14.7. The Bertz CT molecular complexity index is 1570. The lowest BCUT2D eigenvalue weighted by atomic mass is 9.96. The number of carbonyl (C=O) groups excluding carboxylic acids is 4. The highest BCUT2D eigenvalue weighted by Gasteiger charge is 2.38. The molecule has 2 N–H and O–H groups in total. The Morgan fingerprint density at radius 3 is 1.69 bits per heavy atom. The molecule has 0 saturated carbocycles. The van der Waals surface area contributed by atoms with Crippen molar-refractivity contribution in [3.05, 3.63) is 119 Å². The van der Waals surface area contributed by atoms with Gasteiger partial charge in [0.1, 0.15) is 29.3 Å². The van der Waals surface area contributed by atoms with E-state index in [1.165, 1.54) is 11.0 Å². The lowest BCUT2D eigenvalue weighted by Gasteiger charge is -2.35. The molecule has 3 amide bonds. The van der Waals surface area contributed by atoms with Gasteiger partial charge in [-0.2, -0.15) is 0 Å². The predicted octanol–water partition coefficient (Wildman–Crippen LogP) is 6.56. The second-order valence-electron chi connectivity index (χ2n) is 14.3. The van der Waals surface area contributed by atoms with E-state index >= 15 is 0 Å². The number of alkyl carbamates (subject to hydrolysis) is 1. The van der Waals surface area contributed by atoms with Crippen LogP contribution in [0.5, 0.6) is 0 Å². The number of hydrogen-bond acceptors (Lipinski definition) is 6. The predicted molar refractivity (Wildman–Crippen MR) is 192 cm³/mol. The number of nitrogens with zero attached hydrogens (tertiary/aromatic N) is 1. The smallest absolute Gasteiger partial charge is 0.408 e. The summed E-state index contributed by atoms with van der Waals surface area (Å²) in [6.07, 6.45) is 1.08. The first-order valence-electron chi connectivity index (χ1n) is 16.6. The molecule has 3 aromatic rings. The van der Waals surface area contributed by atoms with Crippen LogP contribution in [0, 0.1) is 13.8 Å². The number of benzene rings is 3. The topological polar surface area (TPSA) is 114 Å². The van der Waals surface area contributed by atoms with E-state index in [4.69, 9.17) is 9.47 Å². The molecule has 0 heterocycles. The summed E-state index contributed by atoms with van der Waals surface area (Å²) in [6, 6.07) is 20.9. The minimum atomic E-state index is -1.19. The van der Waals surface area contributed by atoms with Gasteiger partial charge in [0, 0.05) is 19.4 Å². The molecule has 0 aliphatic heterocycles. The molecule has 0 saturated heterocycles. The van der Waals surface area contributed by atoms with Crippen LogP contribution in [0.1, 0.15) is 75.4 Å². The van der Waals surface area contributed by atoms with Gasteiger partial charge in [0.15, 0.2) is 0 Å². The third kappa shape index (κ3) is 12.6. The molecule has 9 heteroatoms. The van der Waals surface area contributed by atoms with E-state index in [9.17, 15) is 19.2 Å². The van der Waals surface area contributed by atoms with Crippen LogP contribution >= 0.6 is 0 Å². The summed E-state index contributed by atoms with van der Waals surface area (Å²) in [5.41, 5.74) is 2.35. The summed E-state index contributed by atoms with van der Waals surface area (Å²) in [7, 11) is 0. The van der Waals surface area contributed by atoms with Gasteiger partial charge in [0.2, 0.25) is 11.8 Å². The van der Waals surface area contributed by atoms with Crippen LogP contribution in [-0.4, -0.2) is 58.6 Å². The van der Waals surface area contributed by atoms with Gasteiger partial charge in [0.05, 0.1) is 0 Å². The fraction of sp³-hybridized carbons (Fsp3) is 0.400. The van der Waals surface area contributed by atoms with E-state index in [0.717, 1.165) is 22.3 Å². The Balaban J connectivity index is 2.11. The highest BCUT2D eigenvalue weighted by atomic mass is 16.6. The van der Waals surface area contributed by atoms with Crippen molar-refractivity contribution in [3.8, 4) is 0 Å². The summed E-state index contributed by atoms with van der Waals surface area (Å²) in [5, 5.41) is 5.68. The Morgan fingerprint density at radius 1 is 0.735 bits per heavy atom. The SMILES string of the molecule is C=CCN(C(=O)C(Cc1ccccc1)NC(=O)OC(C)(C)C)C(C(=O)NC(Cc1ccccc1)C(=O)OC(C)(C)C)c1cc(C)cc(C)c1. The molecule has 0 aliphatic rings. The van der Waals surface area contributed by atoms with Gasteiger partial charge in [-0.05, 0) is 72.1 Å². The second-order valence-corrected chi connectivity index (χ2v) is 14.3. The molecule has 0 aromatic heterocycles. The third-order valence-corrected chi connectivity index (χ3v) is 7.29. The maximum absolute atomic E-state index is 14.7. The molecule has 0 spiro atoms. The minimum Gasteiger partial charge on any atom is -0.458 e. The number of hydrogen-bond donors (Lipinski definition) is 2. The molecule has 0 radical (unpaired) electrons. The lowest BCUT2D eigenvalue weighted by molar-refractivity contribution is -0.159. The summed E-state index contributed by atoms with van der Waals surface area (Å²) in [4.78, 5) is 57.2. The van der Waals surface area contributed by atoms with Crippen LogP contribution in [0.2, 0.25) is 0 Å². The number of esters is 1. The quantitative estimate of drug-likeness (QED) is 0.157. The van der Waals surface area contributed by atoms with Gasteiger partial charge in [-0.1, -0.05) is 96.1 Å². The van der Waals surface area contributed by atoms with Crippen molar-refractivity contribution in [2.75, 3.05) is 6.54 Å². The zero-order valence-electron chi connectivity index (χ0n) is 30.0. The number of rotatable bonds is 13. The van der Waals surface area contributed by atoms with E-state index < -0.39 is 53.2 Å². The molecule has 3 aromatic carbocycles. The third-order valence-electron chi connectivity index (χ3n) is 7.29. The molecule has 0 fully saturated rings. The van der Waals surface area contributed by atoms with Gasteiger partial charge < -0.3 is 25.0 Å². The Labute approximate surface area is 291 Å². The minimum absolute atomic E-state index is 0.0268. The standard InChI is InChI=1S/C40H51N3O6/c1-10-21-43(36(45)32(25-29-17-13-11-14-18-29)42-38(47)49-40(7,8)9)34(31-23-27(2)22-28(3)24-31)35(44)41-33(37(46)48-39(4,5)6)26-30-19-15-12-16-20-30/h10-20,22-24,32-34H,1,21,25-26H2,2-9H3,(H,41,44)(H,42,47). The summed E-state index contributed by atoms with van der Waals surface area (Å²) < 4.78 is 11.3. The molecule has 0 bridgehead atoms. The lowest BCUT2D eigenvalue weighted by Crippen LogP contribution is -2.55. The highest BCUT2D eigenvalue weighted by molar-refractivity contribution is 5.94. The Hall–Kier alpha value is -4.92. The number of ether oxygens (including phenoxy) is 2. The molecule has 0 aliphatic carbocycles. The van der Waals surface area contributed by atoms with Crippen LogP contribution in [0.25, 0.3) is 0 Å². The molecule has 49 heavy (non-hydrogen) atoms. The Morgan fingerprint density at radius 2 is 1.22 bits per heavy atom. The van der Waals surface area contributed by atoms with Crippen LogP contribution in [0.4, 0.5) is 4.79 Å². The maximum Gasteiger partial charge on any atom is 0.408 e. The molecule has 3 rings (SSSR count). The van der Waals surface area contributed by atoms with E-state index in [0.29, 0.717) is 5.56 Å². The highest BCUT2D eigenvalue weighted by Crippen LogP contribution is 2.26. The van der Waals surface area contributed by atoms with Crippen molar-refractivity contribution in [1.29, 1.82) is 0 Å². The molecule has 262 valence electrons. The van der Waals surface area contributed by atoms with Crippen molar-refractivity contribution in [2.45, 2.75) is 97.6 Å². The van der Waals surface area contributed by atoms with Crippen molar-refractivity contribution in [1.82, 2.24) is 15.5 Å². The molecular formula is C40H51N3O6. The van der Waals surface area contributed by atoms with Crippen LogP contribution in [-0.2, 0) is 36.7 Å². The fourth-order valence-electron chi connectivity index (χ4n) is 5.47.